The topological polar surface area (TPSA) is 96.2 Å². The lowest BCUT2D eigenvalue weighted by Crippen LogP contribution is -2.50. The number of nitrogens with one attached hydrogen (secondary N) is 3. The molecule has 0 saturated carbocycles. The molecule has 3 amide bonds. The van der Waals surface area contributed by atoms with E-state index in [1.54, 1.807) is 0 Å². The Bertz CT molecular complexity index is 233. The second-order valence-corrected chi connectivity index (χ2v) is 3.78. The predicted molar refractivity (Wildman–Crippen MR) is 62.9 cm³/mol. The van der Waals surface area contributed by atoms with Crippen LogP contribution in [0.1, 0.15) is 26.7 Å². The number of carbonyl (C=O) groups excluding carboxylic acids is 2. The van der Waals surface area contributed by atoms with Gasteiger partial charge in [0.25, 0.3) is 0 Å². The number of rotatable bonds is 7. The molecule has 0 aromatic rings. The maximum absolute atomic E-state index is 11.7. The fourth-order valence-electron chi connectivity index (χ4n) is 1.21. The molecule has 0 radical (unpaired) electrons. The number of amides is 3. The molecule has 0 saturated heterocycles. The number of nitrogens with two attached hydrogens (primary N) is 1. The molecule has 5 N–H and O–H groups in total. The molecule has 6 nitrogen and oxygen atoms in total. The van der Waals surface area contributed by atoms with Crippen molar-refractivity contribution in [2.75, 3.05) is 13.6 Å². The molecule has 0 spiro atoms. The summed E-state index contributed by atoms with van der Waals surface area (Å²) in [6, 6.07) is -1.01. The Labute approximate surface area is 96.3 Å². The van der Waals surface area contributed by atoms with E-state index in [2.05, 4.69) is 16.0 Å². The van der Waals surface area contributed by atoms with Gasteiger partial charge >= 0.3 is 6.03 Å². The lowest BCUT2D eigenvalue weighted by molar-refractivity contribution is -0.123. The van der Waals surface area contributed by atoms with E-state index in [1.165, 1.54) is 0 Å². The first-order chi connectivity index (χ1) is 7.51. The third-order valence-electron chi connectivity index (χ3n) is 2.29. The van der Waals surface area contributed by atoms with Crippen LogP contribution in [0.15, 0.2) is 0 Å². The zero-order valence-corrected chi connectivity index (χ0v) is 10.2. The van der Waals surface area contributed by atoms with Crippen LogP contribution in [0.3, 0.4) is 0 Å². The summed E-state index contributed by atoms with van der Waals surface area (Å²) in [6.07, 6.45) is 1.39. The lowest BCUT2D eigenvalue weighted by atomic mass is 10.1. The molecular weight excluding hydrogens is 208 g/mol. The van der Waals surface area contributed by atoms with Crippen molar-refractivity contribution < 1.29 is 9.59 Å². The smallest absolute Gasteiger partial charge is 0.312 e. The van der Waals surface area contributed by atoms with E-state index in [0.717, 1.165) is 6.42 Å². The van der Waals surface area contributed by atoms with Gasteiger partial charge in [-0.05, 0) is 20.4 Å². The number of carbonyl (C=O) groups is 2. The summed E-state index contributed by atoms with van der Waals surface area (Å²) in [5, 5.41) is 8.19. The number of hydrogen-bond acceptors (Lipinski definition) is 3. The van der Waals surface area contributed by atoms with E-state index in [9.17, 15) is 9.59 Å². The monoisotopic (exact) mass is 230 g/mol. The number of urea groups is 1. The fourth-order valence-corrected chi connectivity index (χ4v) is 1.21. The zero-order valence-electron chi connectivity index (χ0n) is 10.2. The third-order valence-corrected chi connectivity index (χ3v) is 2.29. The average Bonchev–Trinajstić information content (AvgIpc) is 2.24. The molecule has 0 aliphatic heterocycles. The molecule has 0 rings (SSSR count). The minimum absolute atomic E-state index is 0.192. The summed E-state index contributed by atoms with van der Waals surface area (Å²) in [7, 11) is 1.82. The molecule has 16 heavy (non-hydrogen) atoms. The largest absolute Gasteiger partial charge is 0.353 e. The Kier molecular flexibility index (Phi) is 7.28. The van der Waals surface area contributed by atoms with Crippen molar-refractivity contribution in [3.8, 4) is 0 Å². The van der Waals surface area contributed by atoms with Crippen molar-refractivity contribution in [3.05, 3.63) is 0 Å². The molecule has 2 atom stereocenters. The Morgan fingerprint density at radius 1 is 1.38 bits per heavy atom. The summed E-state index contributed by atoms with van der Waals surface area (Å²) in [4.78, 5) is 22.4. The van der Waals surface area contributed by atoms with Crippen molar-refractivity contribution in [1.82, 2.24) is 16.0 Å². The van der Waals surface area contributed by atoms with Crippen LogP contribution in [0.25, 0.3) is 0 Å². The van der Waals surface area contributed by atoms with Gasteiger partial charge in [0.15, 0.2) is 0 Å². The highest BCUT2D eigenvalue weighted by Gasteiger charge is 2.18. The molecule has 0 bridgehead atoms. The quantitative estimate of drug-likeness (QED) is 0.477. The van der Waals surface area contributed by atoms with Crippen LogP contribution in [-0.4, -0.2) is 37.6 Å². The lowest BCUT2D eigenvalue weighted by Gasteiger charge is -2.18. The highest BCUT2D eigenvalue weighted by Crippen LogP contribution is 1.96. The van der Waals surface area contributed by atoms with Crippen molar-refractivity contribution in [1.29, 1.82) is 0 Å². The highest BCUT2D eigenvalue weighted by molar-refractivity contribution is 5.86. The molecule has 0 aliphatic carbocycles. The minimum atomic E-state index is -0.671. The molecule has 1 unspecified atom stereocenters. The zero-order chi connectivity index (χ0) is 12.6. The van der Waals surface area contributed by atoms with Crippen molar-refractivity contribution >= 4 is 11.9 Å². The summed E-state index contributed by atoms with van der Waals surface area (Å²) >= 11 is 0. The molecule has 0 heterocycles. The first kappa shape index (κ1) is 14.7. The van der Waals surface area contributed by atoms with Crippen molar-refractivity contribution in [3.63, 3.8) is 0 Å². The maximum Gasteiger partial charge on any atom is 0.312 e. The van der Waals surface area contributed by atoms with Crippen molar-refractivity contribution in [2.45, 2.75) is 38.8 Å². The third kappa shape index (κ3) is 6.23. The van der Waals surface area contributed by atoms with Gasteiger partial charge in [-0.2, -0.15) is 0 Å². The van der Waals surface area contributed by atoms with Gasteiger partial charge in [-0.1, -0.05) is 13.3 Å². The van der Waals surface area contributed by atoms with Crippen LogP contribution in [0.2, 0.25) is 0 Å². The van der Waals surface area contributed by atoms with E-state index >= 15 is 0 Å². The van der Waals surface area contributed by atoms with Gasteiger partial charge in [0.05, 0.1) is 0 Å². The fraction of sp³-hybridized carbons (Fsp3) is 0.800. The Balaban J connectivity index is 4.10. The van der Waals surface area contributed by atoms with E-state index in [4.69, 9.17) is 5.73 Å². The summed E-state index contributed by atoms with van der Waals surface area (Å²) in [5.41, 5.74) is 5.00. The first-order valence-corrected chi connectivity index (χ1v) is 5.52. The number of likely N-dealkylation sites (N-methyl/N-ethyl adjacent to an activating group) is 1. The molecule has 0 aliphatic rings. The van der Waals surface area contributed by atoms with E-state index in [0.29, 0.717) is 13.0 Å². The molecular formula is C10H22N4O2. The molecule has 0 aromatic heterocycles. The normalized spacial score (nSPS) is 13.9. The van der Waals surface area contributed by atoms with Gasteiger partial charge in [-0.25, -0.2) is 4.79 Å². The van der Waals surface area contributed by atoms with Gasteiger partial charge in [-0.3, -0.25) is 4.79 Å². The van der Waals surface area contributed by atoms with Crippen LogP contribution in [0.5, 0.6) is 0 Å². The highest BCUT2D eigenvalue weighted by atomic mass is 16.2. The summed E-state index contributed by atoms with van der Waals surface area (Å²) in [5.74, 6) is -0.192. The number of primary amides is 1. The van der Waals surface area contributed by atoms with E-state index < -0.39 is 12.1 Å². The second kappa shape index (κ2) is 7.92. The summed E-state index contributed by atoms with van der Waals surface area (Å²) < 4.78 is 0. The van der Waals surface area contributed by atoms with Crippen molar-refractivity contribution in [2.24, 2.45) is 5.73 Å². The Morgan fingerprint density at radius 3 is 2.44 bits per heavy atom. The summed E-state index contributed by atoms with van der Waals surface area (Å²) in [6.45, 7) is 4.42. The van der Waals surface area contributed by atoms with Crippen LogP contribution in [-0.2, 0) is 4.79 Å². The van der Waals surface area contributed by atoms with Crippen LogP contribution in [0.4, 0.5) is 4.79 Å². The van der Waals surface area contributed by atoms with Gasteiger partial charge < -0.3 is 21.7 Å². The SMILES string of the molecule is CCC[C@@H](NC(N)=O)C(=O)NCC(C)NC. The van der Waals surface area contributed by atoms with E-state index in [-0.39, 0.29) is 11.9 Å². The first-order valence-electron chi connectivity index (χ1n) is 5.52. The Morgan fingerprint density at radius 2 is 2.00 bits per heavy atom. The van der Waals surface area contributed by atoms with Crippen LogP contribution in [0, 0.1) is 0 Å². The molecule has 6 heteroatoms. The molecule has 0 aromatic carbocycles. The molecule has 0 fully saturated rings. The second-order valence-electron chi connectivity index (χ2n) is 3.78. The predicted octanol–water partition coefficient (Wildman–Crippen LogP) is -0.452. The van der Waals surface area contributed by atoms with Gasteiger partial charge in [-0.15, -0.1) is 0 Å². The van der Waals surface area contributed by atoms with Gasteiger partial charge in [0.2, 0.25) is 5.91 Å². The maximum atomic E-state index is 11.7. The van der Waals surface area contributed by atoms with Gasteiger partial charge in [0.1, 0.15) is 6.04 Å². The average molecular weight is 230 g/mol. The number of hydrogen-bond donors (Lipinski definition) is 4. The Hall–Kier alpha value is -1.30. The molecule has 94 valence electrons. The standard InChI is InChI=1S/C10H22N4O2/c1-4-5-8(14-10(11)16)9(15)13-6-7(2)12-3/h7-8,12H,4-6H2,1-3H3,(H,13,15)(H3,11,14,16)/t7?,8-/m1/s1. The van der Waals surface area contributed by atoms with Crippen LogP contribution < -0.4 is 21.7 Å². The van der Waals surface area contributed by atoms with Gasteiger partial charge in [0, 0.05) is 12.6 Å². The van der Waals surface area contributed by atoms with E-state index in [1.807, 2.05) is 20.9 Å². The van der Waals surface area contributed by atoms with Crippen LogP contribution >= 0.6 is 0 Å². The minimum Gasteiger partial charge on any atom is -0.353 e.